The third kappa shape index (κ3) is 3.68. The van der Waals surface area contributed by atoms with Gasteiger partial charge in [-0.15, -0.1) is 0 Å². The molecule has 0 atom stereocenters. The SMILES string of the molecule is CN(C)c1ncnc2ccc(N3CCN(Cc4ccn(C)c(=O)n4)CC3)cc12. The number of anilines is 2. The minimum atomic E-state index is -0.203. The van der Waals surface area contributed by atoms with Gasteiger partial charge in [0.05, 0.1) is 11.2 Å². The van der Waals surface area contributed by atoms with Crippen LogP contribution in [0, 0.1) is 0 Å². The second kappa shape index (κ2) is 7.55. The molecule has 4 rings (SSSR count). The molecule has 0 bridgehead atoms. The lowest BCUT2D eigenvalue weighted by atomic mass is 10.1. The number of piperazine rings is 1. The molecule has 2 aromatic heterocycles. The largest absolute Gasteiger partial charge is 0.369 e. The van der Waals surface area contributed by atoms with Gasteiger partial charge >= 0.3 is 5.69 Å². The Morgan fingerprint density at radius 3 is 2.57 bits per heavy atom. The van der Waals surface area contributed by atoms with Crippen LogP contribution in [-0.2, 0) is 13.6 Å². The van der Waals surface area contributed by atoms with E-state index in [1.807, 2.05) is 25.1 Å². The average Bonchev–Trinajstić information content (AvgIpc) is 2.70. The maximum absolute atomic E-state index is 11.7. The molecule has 1 aliphatic rings. The first-order valence-corrected chi connectivity index (χ1v) is 9.43. The van der Waals surface area contributed by atoms with Crippen LogP contribution in [0.5, 0.6) is 0 Å². The van der Waals surface area contributed by atoms with E-state index in [0.29, 0.717) is 6.54 Å². The van der Waals surface area contributed by atoms with Crippen LogP contribution in [0.3, 0.4) is 0 Å². The van der Waals surface area contributed by atoms with Crippen molar-refractivity contribution >= 4 is 22.4 Å². The summed E-state index contributed by atoms with van der Waals surface area (Å²) in [6.07, 6.45) is 3.39. The van der Waals surface area contributed by atoms with Crippen molar-refractivity contribution in [3.8, 4) is 0 Å². The molecule has 0 radical (unpaired) electrons. The Hall–Kier alpha value is -3.00. The van der Waals surface area contributed by atoms with Crippen molar-refractivity contribution in [2.75, 3.05) is 50.1 Å². The molecule has 1 aromatic carbocycles. The predicted molar refractivity (Wildman–Crippen MR) is 111 cm³/mol. The highest BCUT2D eigenvalue weighted by Gasteiger charge is 2.19. The van der Waals surface area contributed by atoms with Crippen molar-refractivity contribution in [1.29, 1.82) is 0 Å². The number of aromatic nitrogens is 4. The lowest BCUT2D eigenvalue weighted by Gasteiger charge is -2.36. The maximum Gasteiger partial charge on any atom is 0.347 e. The molecule has 0 N–H and O–H groups in total. The molecule has 1 aliphatic heterocycles. The molecule has 3 heterocycles. The van der Waals surface area contributed by atoms with E-state index in [0.717, 1.165) is 48.6 Å². The number of nitrogens with zero attached hydrogens (tertiary/aromatic N) is 7. The van der Waals surface area contributed by atoms with Gasteiger partial charge in [0.25, 0.3) is 0 Å². The van der Waals surface area contributed by atoms with E-state index in [9.17, 15) is 4.79 Å². The second-order valence-corrected chi connectivity index (χ2v) is 7.37. The van der Waals surface area contributed by atoms with E-state index in [1.165, 1.54) is 10.3 Å². The minimum absolute atomic E-state index is 0.203. The third-order valence-corrected chi connectivity index (χ3v) is 5.18. The van der Waals surface area contributed by atoms with Crippen LogP contribution in [0.25, 0.3) is 10.9 Å². The normalized spacial score (nSPS) is 15.2. The van der Waals surface area contributed by atoms with Gasteiger partial charge in [-0.05, 0) is 24.3 Å². The van der Waals surface area contributed by atoms with Gasteiger partial charge in [0, 0.05) is 71.1 Å². The van der Waals surface area contributed by atoms with Gasteiger partial charge in [0.15, 0.2) is 0 Å². The van der Waals surface area contributed by atoms with Gasteiger partial charge in [0.2, 0.25) is 0 Å². The zero-order chi connectivity index (χ0) is 19.7. The topological polar surface area (TPSA) is 70.4 Å². The van der Waals surface area contributed by atoms with Gasteiger partial charge in [-0.3, -0.25) is 4.90 Å². The number of fused-ring (bicyclic) bond motifs is 1. The van der Waals surface area contributed by atoms with Crippen molar-refractivity contribution in [2.45, 2.75) is 6.54 Å². The molecule has 8 heteroatoms. The summed E-state index contributed by atoms with van der Waals surface area (Å²) in [5, 5.41) is 1.07. The average molecular weight is 379 g/mol. The van der Waals surface area contributed by atoms with Gasteiger partial charge in [-0.25, -0.2) is 14.8 Å². The molecule has 0 unspecified atom stereocenters. The molecule has 8 nitrogen and oxygen atoms in total. The molecular weight excluding hydrogens is 354 g/mol. The summed E-state index contributed by atoms with van der Waals surface area (Å²) in [5.74, 6) is 0.933. The molecular formula is C20H25N7O. The molecule has 0 spiro atoms. The van der Waals surface area contributed by atoms with E-state index in [2.05, 4.69) is 43.0 Å². The molecule has 28 heavy (non-hydrogen) atoms. The third-order valence-electron chi connectivity index (χ3n) is 5.18. The zero-order valence-electron chi connectivity index (χ0n) is 16.5. The first kappa shape index (κ1) is 18.4. The van der Waals surface area contributed by atoms with Gasteiger partial charge in [-0.2, -0.15) is 4.98 Å². The van der Waals surface area contributed by atoms with Gasteiger partial charge in [0.1, 0.15) is 12.1 Å². The Labute approximate surface area is 164 Å². The first-order chi connectivity index (χ1) is 13.5. The Bertz CT molecular complexity index is 1040. The Morgan fingerprint density at radius 2 is 1.86 bits per heavy atom. The summed E-state index contributed by atoms with van der Waals surface area (Å²) in [5.41, 5.74) is 2.77. The molecule has 0 saturated carbocycles. The maximum atomic E-state index is 11.7. The smallest absolute Gasteiger partial charge is 0.347 e. The summed E-state index contributed by atoms with van der Waals surface area (Å²) in [6, 6.07) is 8.30. The molecule has 1 fully saturated rings. The highest BCUT2D eigenvalue weighted by atomic mass is 16.1. The first-order valence-electron chi connectivity index (χ1n) is 9.43. The number of aryl methyl sites for hydroxylation is 1. The van der Waals surface area contributed by atoms with Crippen LogP contribution in [0.2, 0.25) is 0 Å². The fourth-order valence-electron chi connectivity index (χ4n) is 3.57. The number of hydrogen-bond donors (Lipinski definition) is 0. The van der Waals surface area contributed by atoms with Gasteiger partial charge in [-0.1, -0.05) is 0 Å². The highest BCUT2D eigenvalue weighted by molar-refractivity contribution is 5.91. The standard InChI is InChI=1S/C20H25N7O/c1-24(2)19-17-12-16(4-5-18(17)21-14-22-19)27-10-8-26(9-11-27)13-15-6-7-25(3)20(28)23-15/h4-7,12,14H,8-11,13H2,1-3H3. The van der Waals surface area contributed by atoms with E-state index >= 15 is 0 Å². The van der Waals surface area contributed by atoms with E-state index in [1.54, 1.807) is 19.6 Å². The van der Waals surface area contributed by atoms with Crippen LogP contribution in [0.1, 0.15) is 5.69 Å². The highest BCUT2D eigenvalue weighted by Crippen LogP contribution is 2.27. The number of benzene rings is 1. The van der Waals surface area contributed by atoms with Crippen molar-refractivity contribution < 1.29 is 0 Å². The predicted octanol–water partition coefficient (Wildman–Crippen LogP) is 1.11. The second-order valence-electron chi connectivity index (χ2n) is 7.37. The fraction of sp³-hybridized carbons (Fsp3) is 0.400. The van der Waals surface area contributed by atoms with Crippen molar-refractivity contribution in [1.82, 2.24) is 24.4 Å². The summed E-state index contributed by atoms with van der Waals surface area (Å²) in [6.45, 7) is 4.43. The summed E-state index contributed by atoms with van der Waals surface area (Å²) < 4.78 is 1.49. The molecule has 146 valence electrons. The quantitative estimate of drug-likeness (QED) is 0.673. The molecule has 3 aromatic rings. The van der Waals surface area contributed by atoms with E-state index in [4.69, 9.17) is 0 Å². The number of rotatable bonds is 4. The zero-order valence-corrected chi connectivity index (χ0v) is 16.5. The van der Waals surface area contributed by atoms with Gasteiger partial charge < -0.3 is 14.4 Å². The summed E-state index contributed by atoms with van der Waals surface area (Å²) in [7, 11) is 5.71. The summed E-state index contributed by atoms with van der Waals surface area (Å²) >= 11 is 0. The minimum Gasteiger partial charge on any atom is -0.369 e. The van der Waals surface area contributed by atoms with E-state index < -0.39 is 0 Å². The molecule has 0 aliphatic carbocycles. The van der Waals surface area contributed by atoms with Crippen LogP contribution in [0.4, 0.5) is 11.5 Å². The van der Waals surface area contributed by atoms with Crippen molar-refractivity contribution in [3.05, 3.63) is 53.0 Å². The van der Waals surface area contributed by atoms with E-state index in [-0.39, 0.29) is 5.69 Å². The lowest BCUT2D eigenvalue weighted by Crippen LogP contribution is -2.46. The fourth-order valence-corrected chi connectivity index (χ4v) is 3.57. The van der Waals surface area contributed by atoms with Crippen LogP contribution in [0.15, 0.2) is 41.6 Å². The monoisotopic (exact) mass is 379 g/mol. The van der Waals surface area contributed by atoms with Crippen molar-refractivity contribution in [2.24, 2.45) is 7.05 Å². The summed E-state index contributed by atoms with van der Waals surface area (Å²) in [4.78, 5) is 31.4. The van der Waals surface area contributed by atoms with Crippen LogP contribution >= 0.6 is 0 Å². The van der Waals surface area contributed by atoms with Crippen LogP contribution < -0.4 is 15.5 Å². The Morgan fingerprint density at radius 1 is 1.07 bits per heavy atom. The lowest BCUT2D eigenvalue weighted by molar-refractivity contribution is 0.246. The Balaban J connectivity index is 1.46. The van der Waals surface area contributed by atoms with Crippen molar-refractivity contribution in [3.63, 3.8) is 0 Å². The number of hydrogen-bond acceptors (Lipinski definition) is 7. The molecule has 0 amide bonds. The Kier molecular flexibility index (Phi) is 4.95. The van der Waals surface area contributed by atoms with Crippen LogP contribution in [-0.4, -0.2) is 64.7 Å². The molecule has 1 saturated heterocycles.